The van der Waals surface area contributed by atoms with Crippen LogP contribution in [0.4, 0.5) is 14.5 Å². The van der Waals surface area contributed by atoms with Gasteiger partial charge in [-0.15, -0.1) is 0 Å². The lowest BCUT2D eigenvalue weighted by Crippen LogP contribution is -2.53. The predicted octanol–water partition coefficient (Wildman–Crippen LogP) is 2.12. The van der Waals surface area contributed by atoms with Crippen molar-refractivity contribution in [2.24, 2.45) is 5.73 Å². The number of amides is 1. The fourth-order valence-corrected chi connectivity index (χ4v) is 1.96. The summed E-state index contributed by atoms with van der Waals surface area (Å²) in [7, 11) is 0. The molecule has 3 N–H and O–H groups in total. The summed E-state index contributed by atoms with van der Waals surface area (Å²) < 4.78 is 27.6. The molecule has 0 saturated carbocycles. The van der Waals surface area contributed by atoms with Crippen molar-refractivity contribution in [1.29, 1.82) is 0 Å². The molecule has 0 bridgehead atoms. The largest absolute Gasteiger partial charge is 0.345 e. The van der Waals surface area contributed by atoms with Crippen LogP contribution in [0.2, 0.25) is 0 Å². The summed E-state index contributed by atoms with van der Waals surface area (Å²) in [5.74, 6) is -3.70. The van der Waals surface area contributed by atoms with Crippen LogP contribution in [-0.2, 0) is 0 Å². The number of hydrogen-bond donors (Lipinski definition) is 2. The van der Waals surface area contributed by atoms with Gasteiger partial charge in [0.15, 0.2) is 0 Å². The molecule has 0 aromatic heterocycles. The molecule has 0 unspecified atom stereocenters. The smallest absolute Gasteiger partial charge is 0.305 e. The van der Waals surface area contributed by atoms with Crippen LogP contribution in [-0.4, -0.2) is 22.9 Å². The van der Waals surface area contributed by atoms with Crippen LogP contribution in [0.25, 0.3) is 0 Å². The van der Waals surface area contributed by atoms with Gasteiger partial charge >= 0.3 is 5.69 Å². The lowest BCUT2D eigenvalue weighted by atomic mass is 9.92. The highest BCUT2D eigenvalue weighted by Gasteiger charge is 2.32. The maximum atomic E-state index is 13.9. The molecule has 116 valence electrons. The summed E-state index contributed by atoms with van der Waals surface area (Å²) in [4.78, 5) is 21.7. The first-order valence-corrected chi connectivity index (χ1v) is 6.46. The van der Waals surface area contributed by atoms with Crippen molar-refractivity contribution in [3.8, 4) is 0 Å². The highest BCUT2D eigenvalue weighted by Crippen LogP contribution is 2.24. The molecule has 0 saturated heterocycles. The quantitative estimate of drug-likeness (QED) is 0.621. The Morgan fingerprint density at radius 3 is 2.38 bits per heavy atom. The fourth-order valence-electron chi connectivity index (χ4n) is 1.96. The first-order chi connectivity index (χ1) is 9.81. The number of carbonyl (C=O) groups is 1. The van der Waals surface area contributed by atoms with E-state index in [0.29, 0.717) is 25.0 Å². The number of nitrogens with two attached hydrogens (primary N) is 1. The molecule has 0 spiro atoms. The van der Waals surface area contributed by atoms with Gasteiger partial charge in [-0.2, -0.15) is 4.39 Å². The number of rotatable bonds is 6. The van der Waals surface area contributed by atoms with E-state index in [2.05, 4.69) is 5.32 Å². The van der Waals surface area contributed by atoms with Crippen LogP contribution in [0.1, 0.15) is 37.0 Å². The Bertz CT molecular complexity index is 552. The molecule has 1 aromatic rings. The maximum absolute atomic E-state index is 13.9. The van der Waals surface area contributed by atoms with Gasteiger partial charge in [-0.1, -0.05) is 13.8 Å². The van der Waals surface area contributed by atoms with Crippen LogP contribution in [0.3, 0.4) is 0 Å². The molecule has 8 heteroatoms. The lowest BCUT2D eigenvalue weighted by Gasteiger charge is -2.31. The normalized spacial score (nSPS) is 11.3. The molecule has 0 fully saturated rings. The van der Waals surface area contributed by atoms with Crippen molar-refractivity contribution in [3.05, 3.63) is 39.4 Å². The van der Waals surface area contributed by atoms with Crippen molar-refractivity contribution in [3.63, 3.8) is 0 Å². The van der Waals surface area contributed by atoms with Gasteiger partial charge in [-0.05, 0) is 18.9 Å². The number of hydrogen-bond acceptors (Lipinski definition) is 4. The molecule has 1 aromatic carbocycles. The molecule has 0 atom stereocenters. The van der Waals surface area contributed by atoms with Gasteiger partial charge in [-0.3, -0.25) is 14.9 Å². The summed E-state index contributed by atoms with van der Waals surface area (Å²) in [5, 5.41) is 13.1. The minimum atomic E-state index is -1.49. The van der Waals surface area contributed by atoms with Crippen LogP contribution < -0.4 is 11.1 Å². The second-order valence-electron chi connectivity index (χ2n) is 4.66. The standard InChI is InChI=1S/C13H17F2N3O3/c1-3-13(4-2,7-16)17-12(19)10-8(14)5-6-9(11(10)15)18(20)21/h5-6H,3-4,7,16H2,1-2H3,(H,17,19). The first-order valence-electron chi connectivity index (χ1n) is 6.46. The van der Waals surface area contributed by atoms with E-state index >= 15 is 0 Å². The molecule has 21 heavy (non-hydrogen) atoms. The number of nitrogens with zero attached hydrogens (tertiary/aromatic N) is 1. The highest BCUT2D eigenvalue weighted by atomic mass is 19.1. The monoisotopic (exact) mass is 301 g/mol. The van der Waals surface area contributed by atoms with Crippen LogP contribution in [0.5, 0.6) is 0 Å². The molecule has 0 aliphatic rings. The zero-order valence-corrected chi connectivity index (χ0v) is 11.8. The van der Waals surface area contributed by atoms with Crippen molar-refractivity contribution < 1.29 is 18.5 Å². The molecule has 1 rings (SSSR count). The summed E-state index contributed by atoms with van der Waals surface area (Å²) in [6.07, 6.45) is 0.924. The molecule has 6 nitrogen and oxygen atoms in total. The Balaban J connectivity index is 3.25. The van der Waals surface area contributed by atoms with E-state index in [1.165, 1.54) is 0 Å². The number of benzene rings is 1. The van der Waals surface area contributed by atoms with Gasteiger partial charge in [0.05, 0.1) is 10.5 Å². The molecular weight excluding hydrogens is 284 g/mol. The fraction of sp³-hybridized carbons (Fsp3) is 0.462. The number of nitrogens with one attached hydrogen (secondary N) is 1. The van der Waals surface area contributed by atoms with E-state index in [1.807, 2.05) is 0 Å². The summed E-state index contributed by atoms with van der Waals surface area (Å²) in [6, 6.07) is 1.37. The third-order valence-corrected chi connectivity index (χ3v) is 3.62. The minimum Gasteiger partial charge on any atom is -0.345 e. The van der Waals surface area contributed by atoms with Gasteiger partial charge in [0, 0.05) is 12.6 Å². The maximum Gasteiger partial charge on any atom is 0.305 e. The van der Waals surface area contributed by atoms with Crippen molar-refractivity contribution in [2.45, 2.75) is 32.2 Å². The van der Waals surface area contributed by atoms with Crippen molar-refractivity contribution >= 4 is 11.6 Å². The van der Waals surface area contributed by atoms with Gasteiger partial charge in [0.25, 0.3) is 5.91 Å². The Kier molecular flexibility index (Phi) is 5.31. The second kappa shape index (κ2) is 6.57. The third kappa shape index (κ3) is 3.33. The molecule has 0 aliphatic heterocycles. The lowest BCUT2D eigenvalue weighted by molar-refractivity contribution is -0.387. The third-order valence-electron chi connectivity index (χ3n) is 3.62. The zero-order valence-electron chi connectivity index (χ0n) is 11.8. The Morgan fingerprint density at radius 1 is 1.38 bits per heavy atom. The Morgan fingerprint density at radius 2 is 1.95 bits per heavy atom. The minimum absolute atomic E-state index is 0.0872. The molecule has 1 amide bonds. The van der Waals surface area contributed by atoms with Gasteiger partial charge in [0.1, 0.15) is 11.4 Å². The van der Waals surface area contributed by atoms with Gasteiger partial charge in [-0.25, -0.2) is 4.39 Å². The molecule has 0 aliphatic carbocycles. The Labute approximate surface area is 120 Å². The number of halogens is 2. The summed E-state index contributed by atoms with van der Waals surface area (Å²) >= 11 is 0. The topological polar surface area (TPSA) is 98.3 Å². The zero-order chi connectivity index (χ0) is 16.2. The van der Waals surface area contributed by atoms with E-state index in [-0.39, 0.29) is 6.54 Å². The van der Waals surface area contributed by atoms with Gasteiger partial charge < -0.3 is 11.1 Å². The number of nitro benzene ring substituents is 1. The highest BCUT2D eigenvalue weighted by molar-refractivity contribution is 5.96. The molecule has 0 heterocycles. The molecule has 0 radical (unpaired) electrons. The summed E-state index contributed by atoms with van der Waals surface area (Å²) in [6.45, 7) is 3.64. The van der Waals surface area contributed by atoms with E-state index in [0.717, 1.165) is 0 Å². The van der Waals surface area contributed by atoms with Crippen molar-refractivity contribution in [2.75, 3.05) is 6.54 Å². The second-order valence-corrected chi connectivity index (χ2v) is 4.66. The van der Waals surface area contributed by atoms with E-state index in [4.69, 9.17) is 5.73 Å². The van der Waals surface area contributed by atoms with Crippen LogP contribution in [0, 0.1) is 21.7 Å². The van der Waals surface area contributed by atoms with E-state index in [9.17, 15) is 23.7 Å². The SMILES string of the molecule is CCC(CC)(CN)NC(=O)c1c(F)ccc([N+](=O)[O-])c1F. The van der Waals surface area contributed by atoms with Gasteiger partial charge in [0.2, 0.25) is 5.82 Å². The number of nitro groups is 1. The van der Waals surface area contributed by atoms with E-state index in [1.54, 1.807) is 13.8 Å². The average Bonchev–Trinajstić information content (AvgIpc) is 2.44. The average molecular weight is 301 g/mol. The van der Waals surface area contributed by atoms with Crippen LogP contribution in [0.15, 0.2) is 12.1 Å². The Hall–Kier alpha value is -2.09. The van der Waals surface area contributed by atoms with Crippen molar-refractivity contribution in [1.82, 2.24) is 5.32 Å². The first kappa shape index (κ1) is 17.0. The molecular formula is C13H17F2N3O3. The van der Waals surface area contributed by atoms with E-state index < -0.39 is 39.3 Å². The predicted molar refractivity (Wildman–Crippen MR) is 72.8 cm³/mol. The number of carbonyl (C=O) groups excluding carboxylic acids is 1. The van der Waals surface area contributed by atoms with Crippen LogP contribution >= 0.6 is 0 Å². The summed E-state index contributed by atoms with van der Waals surface area (Å²) in [5.41, 5.74) is 2.87.